The second-order valence-electron chi connectivity index (χ2n) is 4.96. The molecule has 0 saturated carbocycles. The monoisotopic (exact) mass is 283 g/mol. The minimum atomic E-state index is -0.756. The number of carbonyl (C=O) groups is 2. The summed E-state index contributed by atoms with van der Waals surface area (Å²) in [5, 5.41) is 13.5. The van der Waals surface area contributed by atoms with Crippen molar-refractivity contribution in [2.24, 2.45) is 11.8 Å². The van der Waals surface area contributed by atoms with Gasteiger partial charge in [0.05, 0.1) is 4.88 Å². The molecule has 0 aliphatic rings. The third-order valence-corrected chi connectivity index (χ3v) is 4.09. The SMILES string of the molecule is CC(C)C(CCNC(=O)c1cccs1)CCC(=O)O. The number of hydrogen-bond acceptors (Lipinski definition) is 3. The van der Waals surface area contributed by atoms with E-state index in [0.717, 1.165) is 6.42 Å². The predicted octanol–water partition coefficient (Wildman–Crippen LogP) is 3.01. The van der Waals surface area contributed by atoms with Gasteiger partial charge in [-0.15, -0.1) is 11.3 Å². The highest BCUT2D eigenvalue weighted by molar-refractivity contribution is 7.12. The lowest BCUT2D eigenvalue weighted by molar-refractivity contribution is -0.137. The number of thiophene rings is 1. The molecule has 19 heavy (non-hydrogen) atoms. The van der Waals surface area contributed by atoms with Gasteiger partial charge in [0, 0.05) is 13.0 Å². The maximum Gasteiger partial charge on any atom is 0.303 e. The first kappa shape index (κ1) is 15.7. The molecule has 1 unspecified atom stereocenters. The van der Waals surface area contributed by atoms with Crippen LogP contribution in [0.15, 0.2) is 17.5 Å². The molecule has 4 nitrogen and oxygen atoms in total. The quantitative estimate of drug-likeness (QED) is 0.770. The lowest BCUT2D eigenvalue weighted by atomic mass is 9.88. The van der Waals surface area contributed by atoms with Crippen LogP contribution < -0.4 is 5.32 Å². The number of carboxylic acids is 1. The number of amides is 1. The number of carboxylic acid groups (broad SMARTS) is 1. The highest BCUT2D eigenvalue weighted by Crippen LogP contribution is 2.20. The van der Waals surface area contributed by atoms with Crippen LogP contribution in [-0.2, 0) is 4.79 Å². The number of aliphatic carboxylic acids is 1. The maximum absolute atomic E-state index is 11.7. The number of nitrogens with one attached hydrogen (secondary N) is 1. The third-order valence-electron chi connectivity index (χ3n) is 3.22. The largest absolute Gasteiger partial charge is 0.481 e. The van der Waals surface area contributed by atoms with Crippen LogP contribution in [0.4, 0.5) is 0 Å². The van der Waals surface area contributed by atoms with Crippen molar-refractivity contribution in [3.05, 3.63) is 22.4 Å². The Kier molecular flexibility index (Phi) is 6.56. The van der Waals surface area contributed by atoms with Crippen molar-refractivity contribution in [1.82, 2.24) is 5.32 Å². The molecular formula is C14H21NO3S. The van der Waals surface area contributed by atoms with E-state index in [2.05, 4.69) is 19.2 Å². The maximum atomic E-state index is 11.7. The Hall–Kier alpha value is -1.36. The lowest BCUT2D eigenvalue weighted by Gasteiger charge is -2.20. The first-order valence-electron chi connectivity index (χ1n) is 6.54. The van der Waals surface area contributed by atoms with Crippen LogP contribution in [-0.4, -0.2) is 23.5 Å². The van der Waals surface area contributed by atoms with Gasteiger partial charge in [0.25, 0.3) is 5.91 Å². The molecule has 1 atom stereocenters. The molecule has 2 N–H and O–H groups in total. The molecule has 0 bridgehead atoms. The molecule has 0 aliphatic heterocycles. The van der Waals surface area contributed by atoms with Crippen LogP contribution in [0.5, 0.6) is 0 Å². The molecule has 0 spiro atoms. The summed E-state index contributed by atoms with van der Waals surface area (Å²) in [4.78, 5) is 23.0. The Morgan fingerprint density at radius 3 is 2.63 bits per heavy atom. The van der Waals surface area contributed by atoms with Crippen LogP contribution in [0.25, 0.3) is 0 Å². The van der Waals surface area contributed by atoms with Gasteiger partial charge in [-0.1, -0.05) is 19.9 Å². The van der Waals surface area contributed by atoms with Crippen molar-refractivity contribution in [3.8, 4) is 0 Å². The first-order valence-corrected chi connectivity index (χ1v) is 7.42. The molecule has 1 aromatic heterocycles. The molecule has 1 amide bonds. The molecular weight excluding hydrogens is 262 g/mol. The lowest BCUT2D eigenvalue weighted by Crippen LogP contribution is -2.26. The zero-order valence-corrected chi connectivity index (χ0v) is 12.2. The van der Waals surface area contributed by atoms with Crippen LogP contribution in [0.2, 0.25) is 0 Å². The molecule has 0 aliphatic carbocycles. The van der Waals surface area contributed by atoms with E-state index in [-0.39, 0.29) is 12.3 Å². The third kappa shape index (κ3) is 5.87. The van der Waals surface area contributed by atoms with Crippen molar-refractivity contribution in [2.75, 3.05) is 6.54 Å². The Bertz CT molecular complexity index is 401. The van der Waals surface area contributed by atoms with E-state index in [9.17, 15) is 9.59 Å². The predicted molar refractivity (Wildman–Crippen MR) is 76.5 cm³/mol. The molecule has 0 saturated heterocycles. The molecule has 5 heteroatoms. The summed E-state index contributed by atoms with van der Waals surface area (Å²) in [7, 11) is 0. The van der Waals surface area contributed by atoms with Crippen molar-refractivity contribution >= 4 is 23.2 Å². The second-order valence-corrected chi connectivity index (χ2v) is 5.91. The van der Waals surface area contributed by atoms with Crippen LogP contribution in [0.1, 0.15) is 42.8 Å². The van der Waals surface area contributed by atoms with Gasteiger partial charge in [-0.05, 0) is 36.1 Å². The number of hydrogen-bond donors (Lipinski definition) is 2. The van der Waals surface area contributed by atoms with Crippen molar-refractivity contribution < 1.29 is 14.7 Å². The molecule has 1 heterocycles. The zero-order chi connectivity index (χ0) is 14.3. The van der Waals surface area contributed by atoms with E-state index in [0.29, 0.717) is 29.7 Å². The zero-order valence-electron chi connectivity index (χ0n) is 11.4. The summed E-state index contributed by atoms with van der Waals surface area (Å²) in [6, 6.07) is 3.65. The normalized spacial score (nSPS) is 12.4. The van der Waals surface area contributed by atoms with Gasteiger partial charge in [-0.25, -0.2) is 0 Å². The van der Waals surface area contributed by atoms with E-state index < -0.39 is 5.97 Å². The first-order chi connectivity index (χ1) is 9.00. The summed E-state index contributed by atoms with van der Waals surface area (Å²) < 4.78 is 0. The topological polar surface area (TPSA) is 66.4 Å². The van der Waals surface area contributed by atoms with Gasteiger partial charge in [0.2, 0.25) is 0 Å². The summed E-state index contributed by atoms with van der Waals surface area (Å²) in [5.74, 6) is -0.0401. The van der Waals surface area contributed by atoms with Crippen molar-refractivity contribution in [1.29, 1.82) is 0 Å². The van der Waals surface area contributed by atoms with Gasteiger partial charge in [0.15, 0.2) is 0 Å². The Morgan fingerprint density at radius 2 is 2.11 bits per heavy atom. The fourth-order valence-electron chi connectivity index (χ4n) is 1.99. The average Bonchev–Trinajstić information content (AvgIpc) is 2.86. The molecule has 0 radical (unpaired) electrons. The van der Waals surface area contributed by atoms with E-state index >= 15 is 0 Å². The van der Waals surface area contributed by atoms with Crippen LogP contribution in [0, 0.1) is 11.8 Å². The van der Waals surface area contributed by atoms with Crippen molar-refractivity contribution in [3.63, 3.8) is 0 Å². The minimum absolute atomic E-state index is 0.0456. The van der Waals surface area contributed by atoms with Crippen LogP contribution >= 0.6 is 11.3 Å². The minimum Gasteiger partial charge on any atom is -0.481 e. The van der Waals surface area contributed by atoms with E-state index in [1.165, 1.54) is 11.3 Å². The van der Waals surface area contributed by atoms with E-state index in [1.54, 1.807) is 6.07 Å². The van der Waals surface area contributed by atoms with Gasteiger partial charge in [0.1, 0.15) is 0 Å². The highest BCUT2D eigenvalue weighted by atomic mass is 32.1. The van der Waals surface area contributed by atoms with Gasteiger partial charge in [-0.3, -0.25) is 9.59 Å². The van der Waals surface area contributed by atoms with Crippen LogP contribution in [0.3, 0.4) is 0 Å². The highest BCUT2D eigenvalue weighted by Gasteiger charge is 2.15. The Labute approximate surface area is 117 Å². The Balaban J connectivity index is 2.32. The fourth-order valence-corrected chi connectivity index (χ4v) is 2.63. The van der Waals surface area contributed by atoms with E-state index in [4.69, 9.17) is 5.11 Å². The van der Waals surface area contributed by atoms with E-state index in [1.807, 2.05) is 11.4 Å². The molecule has 0 fully saturated rings. The molecule has 1 aromatic rings. The average molecular weight is 283 g/mol. The molecule has 0 aromatic carbocycles. The summed E-state index contributed by atoms with van der Waals surface area (Å²) in [6.07, 6.45) is 1.69. The second kappa shape index (κ2) is 7.94. The summed E-state index contributed by atoms with van der Waals surface area (Å²) in [5.41, 5.74) is 0. The standard InChI is InChI=1S/C14H21NO3S/c1-10(2)11(5-6-13(16)17)7-8-15-14(18)12-4-3-9-19-12/h3-4,9-11H,5-8H2,1-2H3,(H,15,18)(H,16,17). The van der Waals surface area contributed by atoms with Crippen molar-refractivity contribution in [2.45, 2.75) is 33.1 Å². The summed E-state index contributed by atoms with van der Waals surface area (Å²) in [6.45, 7) is 4.78. The number of rotatable bonds is 8. The molecule has 106 valence electrons. The van der Waals surface area contributed by atoms with Gasteiger partial charge < -0.3 is 10.4 Å². The Morgan fingerprint density at radius 1 is 1.37 bits per heavy atom. The number of carbonyl (C=O) groups excluding carboxylic acids is 1. The van der Waals surface area contributed by atoms with Gasteiger partial charge >= 0.3 is 5.97 Å². The fraction of sp³-hybridized carbons (Fsp3) is 0.571. The smallest absolute Gasteiger partial charge is 0.303 e. The van der Waals surface area contributed by atoms with Gasteiger partial charge in [-0.2, -0.15) is 0 Å². The summed E-state index contributed by atoms with van der Waals surface area (Å²) >= 11 is 1.42. The molecule has 1 rings (SSSR count).